The second-order valence-corrected chi connectivity index (χ2v) is 11.0. The van der Waals surface area contributed by atoms with Crippen molar-refractivity contribution >= 4 is 28.2 Å². The van der Waals surface area contributed by atoms with E-state index in [0.717, 1.165) is 25.7 Å². The highest BCUT2D eigenvalue weighted by molar-refractivity contribution is 7.93. The number of nitrogens with two attached hydrogens (primary N) is 1. The summed E-state index contributed by atoms with van der Waals surface area (Å²) in [6.45, 7) is 8.91. The zero-order valence-electron chi connectivity index (χ0n) is 16.0. The molecular weight excluding hydrogens is 360 g/mol. The highest BCUT2D eigenvalue weighted by Gasteiger charge is 2.45. The molecule has 148 valence electrons. The fourth-order valence-corrected chi connectivity index (χ4v) is 6.74. The van der Waals surface area contributed by atoms with E-state index in [1.807, 2.05) is 13.8 Å². The molecule has 2 rings (SSSR count). The van der Waals surface area contributed by atoms with Crippen molar-refractivity contribution < 1.29 is 13.2 Å². The topological polar surface area (TPSA) is 80.5 Å². The molecule has 1 aliphatic carbocycles. The number of hydrogen-bond acceptors (Lipinski definition) is 4. The van der Waals surface area contributed by atoms with Crippen molar-refractivity contribution in [3.8, 4) is 0 Å². The molecule has 0 aromatic heterocycles. The molecule has 5 nitrogen and oxygen atoms in total. The summed E-state index contributed by atoms with van der Waals surface area (Å²) >= 11 is 0. The molecule has 0 bridgehead atoms. The van der Waals surface area contributed by atoms with Gasteiger partial charge in [0, 0.05) is 19.1 Å². The van der Waals surface area contributed by atoms with E-state index >= 15 is 0 Å². The Morgan fingerprint density at radius 2 is 1.68 bits per heavy atom. The monoisotopic (exact) mass is 394 g/mol. The SMILES string of the molecule is CC(C)C(C(=O)N1CCC(N)C(C)(C)C1)S(=O)(=O)C1CCCCC1.Cl. The van der Waals surface area contributed by atoms with Crippen LogP contribution in [0.2, 0.25) is 0 Å². The van der Waals surface area contributed by atoms with E-state index in [2.05, 4.69) is 13.8 Å². The fraction of sp³-hybridized carbons (Fsp3) is 0.944. The van der Waals surface area contributed by atoms with Crippen LogP contribution in [0.1, 0.15) is 66.2 Å². The lowest BCUT2D eigenvalue weighted by Gasteiger charge is -2.44. The maximum Gasteiger partial charge on any atom is 0.241 e. The standard InChI is InChI=1S/C18H34N2O3S.ClH/c1-13(2)16(24(22,23)14-8-6-5-7-9-14)17(21)20-11-10-15(19)18(3,4)12-20;/h13-16H,5-12,19H2,1-4H3;1H. The second-order valence-electron chi connectivity index (χ2n) is 8.66. The van der Waals surface area contributed by atoms with Gasteiger partial charge in [0.15, 0.2) is 9.84 Å². The van der Waals surface area contributed by atoms with Gasteiger partial charge >= 0.3 is 0 Å². The molecule has 2 unspecified atom stereocenters. The Hall–Kier alpha value is -0.330. The van der Waals surface area contributed by atoms with Gasteiger partial charge in [0.2, 0.25) is 5.91 Å². The van der Waals surface area contributed by atoms with Crippen LogP contribution in [0.5, 0.6) is 0 Å². The molecule has 25 heavy (non-hydrogen) atoms. The smallest absolute Gasteiger partial charge is 0.241 e. The van der Waals surface area contributed by atoms with Crippen molar-refractivity contribution in [3.05, 3.63) is 0 Å². The van der Waals surface area contributed by atoms with Gasteiger partial charge in [-0.05, 0) is 30.6 Å². The fourth-order valence-electron chi connectivity index (χ4n) is 4.15. The minimum absolute atomic E-state index is 0. The number of carbonyl (C=O) groups is 1. The minimum atomic E-state index is -3.45. The molecule has 0 spiro atoms. The van der Waals surface area contributed by atoms with Gasteiger partial charge in [0.05, 0.1) is 5.25 Å². The van der Waals surface area contributed by atoms with E-state index in [4.69, 9.17) is 5.73 Å². The van der Waals surface area contributed by atoms with Crippen LogP contribution in [0.25, 0.3) is 0 Å². The molecule has 1 saturated heterocycles. The summed E-state index contributed by atoms with van der Waals surface area (Å²) in [5.74, 6) is -0.418. The molecule has 1 aliphatic heterocycles. The van der Waals surface area contributed by atoms with Crippen molar-refractivity contribution in [1.82, 2.24) is 4.90 Å². The van der Waals surface area contributed by atoms with E-state index in [1.165, 1.54) is 0 Å². The van der Waals surface area contributed by atoms with Gasteiger partial charge in [-0.3, -0.25) is 4.79 Å². The van der Waals surface area contributed by atoms with Crippen LogP contribution in [0.4, 0.5) is 0 Å². The van der Waals surface area contributed by atoms with Crippen LogP contribution in [-0.4, -0.2) is 48.9 Å². The Labute approximate surface area is 159 Å². The third-order valence-corrected chi connectivity index (χ3v) is 8.70. The first-order chi connectivity index (χ1) is 11.1. The average Bonchev–Trinajstić information content (AvgIpc) is 2.50. The second kappa shape index (κ2) is 8.57. The number of rotatable bonds is 4. The van der Waals surface area contributed by atoms with Crippen molar-refractivity contribution in [2.45, 2.75) is 82.8 Å². The predicted octanol–water partition coefficient (Wildman–Crippen LogP) is 2.77. The highest BCUT2D eigenvalue weighted by Crippen LogP contribution is 2.32. The van der Waals surface area contributed by atoms with Crippen LogP contribution in [0.3, 0.4) is 0 Å². The largest absolute Gasteiger partial charge is 0.341 e. The van der Waals surface area contributed by atoms with Gasteiger partial charge in [-0.25, -0.2) is 8.42 Å². The first-order valence-corrected chi connectivity index (χ1v) is 11.0. The zero-order valence-corrected chi connectivity index (χ0v) is 17.7. The van der Waals surface area contributed by atoms with E-state index < -0.39 is 15.1 Å². The van der Waals surface area contributed by atoms with Crippen molar-refractivity contribution in [2.75, 3.05) is 13.1 Å². The van der Waals surface area contributed by atoms with Gasteiger partial charge in [0.1, 0.15) is 5.25 Å². The zero-order chi connectivity index (χ0) is 18.1. The molecule has 7 heteroatoms. The molecule has 0 aromatic rings. The summed E-state index contributed by atoms with van der Waals surface area (Å²) in [5, 5.41) is -1.26. The van der Waals surface area contributed by atoms with Crippen LogP contribution in [0, 0.1) is 11.3 Å². The lowest BCUT2D eigenvalue weighted by molar-refractivity contribution is -0.134. The van der Waals surface area contributed by atoms with E-state index in [-0.39, 0.29) is 40.9 Å². The molecule has 2 aliphatic rings. The van der Waals surface area contributed by atoms with Crippen molar-refractivity contribution in [2.24, 2.45) is 17.1 Å². The number of nitrogens with zero attached hydrogens (tertiary/aromatic N) is 1. The summed E-state index contributed by atoms with van der Waals surface area (Å²) in [6.07, 6.45) is 5.14. The molecule has 2 fully saturated rings. The summed E-state index contributed by atoms with van der Waals surface area (Å²) in [6, 6.07) is 0.0500. The van der Waals surface area contributed by atoms with Gasteiger partial charge in [-0.15, -0.1) is 12.4 Å². The van der Waals surface area contributed by atoms with Crippen LogP contribution >= 0.6 is 12.4 Å². The Kier molecular flexibility index (Phi) is 7.79. The van der Waals surface area contributed by atoms with Gasteiger partial charge in [-0.1, -0.05) is 47.0 Å². The molecule has 1 saturated carbocycles. The molecular formula is C18H35ClN2O3S. The van der Waals surface area contributed by atoms with Crippen LogP contribution in [-0.2, 0) is 14.6 Å². The summed E-state index contributed by atoms with van der Waals surface area (Å²) in [5.41, 5.74) is 5.98. The average molecular weight is 395 g/mol. The van der Waals surface area contributed by atoms with E-state index in [1.54, 1.807) is 4.90 Å². The molecule has 0 radical (unpaired) electrons. The molecule has 1 amide bonds. The summed E-state index contributed by atoms with van der Waals surface area (Å²) in [4.78, 5) is 14.9. The lowest BCUT2D eigenvalue weighted by atomic mass is 9.79. The van der Waals surface area contributed by atoms with Crippen molar-refractivity contribution in [3.63, 3.8) is 0 Å². The number of hydrogen-bond donors (Lipinski definition) is 1. The molecule has 0 aromatic carbocycles. The Morgan fingerprint density at radius 3 is 2.16 bits per heavy atom. The number of carbonyl (C=O) groups excluding carboxylic acids is 1. The van der Waals surface area contributed by atoms with Gasteiger partial charge in [-0.2, -0.15) is 0 Å². The summed E-state index contributed by atoms with van der Waals surface area (Å²) < 4.78 is 26.3. The predicted molar refractivity (Wildman–Crippen MR) is 105 cm³/mol. The normalized spacial score (nSPS) is 26.2. The maximum atomic E-state index is 13.2. The van der Waals surface area contributed by atoms with Gasteiger partial charge < -0.3 is 10.6 Å². The number of halogens is 1. The molecule has 1 heterocycles. The van der Waals surface area contributed by atoms with Crippen LogP contribution < -0.4 is 5.73 Å². The van der Waals surface area contributed by atoms with E-state index in [9.17, 15) is 13.2 Å². The Balaban J connectivity index is 0.00000312. The Morgan fingerprint density at radius 1 is 1.12 bits per heavy atom. The van der Waals surface area contributed by atoms with Crippen molar-refractivity contribution in [1.29, 1.82) is 0 Å². The maximum absolute atomic E-state index is 13.2. The third-order valence-electron chi connectivity index (χ3n) is 5.84. The van der Waals surface area contributed by atoms with Crippen LogP contribution in [0.15, 0.2) is 0 Å². The quantitative estimate of drug-likeness (QED) is 0.794. The first-order valence-electron chi connectivity index (χ1n) is 9.34. The molecule has 2 atom stereocenters. The first kappa shape index (κ1) is 22.7. The minimum Gasteiger partial charge on any atom is -0.341 e. The lowest BCUT2D eigenvalue weighted by Crippen LogP contribution is -2.58. The number of sulfone groups is 1. The number of amides is 1. The number of likely N-dealkylation sites (tertiary alicyclic amines) is 1. The number of piperidine rings is 1. The van der Waals surface area contributed by atoms with Gasteiger partial charge in [0.25, 0.3) is 0 Å². The highest BCUT2D eigenvalue weighted by atomic mass is 35.5. The Bertz CT molecular complexity index is 557. The molecule has 2 N–H and O–H groups in total. The third kappa shape index (κ3) is 4.89. The van der Waals surface area contributed by atoms with E-state index in [0.29, 0.717) is 25.9 Å². The summed E-state index contributed by atoms with van der Waals surface area (Å²) in [7, 11) is -3.45.